The van der Waals surface area contributed by atoms with Gasteiger partial charge in [-0.15, -0.1) is 5.10 Å². The van der Waals surface area contributed by atoms with E-state index in [1.54, 1.807) is 10.7 Å². The Bertz CT molecular complexity index is 576. The number of hydrogen-bond acceptors (Lipinski definition) is 4. The van der Waals surface area contributed by atoms with Gasteiger partial charge >= 0.3 is 0 Å². The molecule has 0 aliphatic carbocycles. The van der Waals surface area contributed by atoms with E-state index in [4.69, 9.17) is 5.73 Å². The zero-order valence-electron chi connectivity index (χ0n) is 11.4. The summed E-state index contributed by atoms with van der Waals surface area (Å²) in [6.07, 6.45) is 1.00. The first-order chi connectivity index (χ1) is 8.93. The van der Waals surface area contributed by atoms with Crippen molar-refractivity contribution in [1.29, 1.82) is 0 Å². The number of benzene rings is 1. The van der Waals surface area contributed by atoms with Crippen molar-refractivity contribution in [2.75, 3.05) is 5.73 Å². The average Bonchev–Trinajstić information content (AvgIpc) is 2.80. The molecule has 6 heteroatoms. The molecule has 0 saturated heterocycles. The van der Waals surface area contributed by atoms with E-state index in [0.717, 1.165) is 6.42 Å². The lowest BCUT2D eigenvalue weighted by Gasteiger charge is -2.22. The van der Waals surface area contributed by atoms with Gasteiger partial charge in [0.15, 0.2) is 5.82 Å². The van der Waals surface area contributed by atoms with Crippen molar-refractivity contribution in [1.82, 2.24) is 20.2 Å². The molecule has 0 atom stereocenters. The van der Waals surface area contributed by atoms with Crippen LogP contribution in [0.2, 0.25) is 0 Å². The van der Waals surface area contributed by atoms with Crippen LogP contribution < -0.4 is 5.73 Å². The van der Waals surface area contributed by atoms with Crippen LogP contribution in [-0.4, -0.2) is 20.2 Å². The van der Waals surface area contributed by atoms with Gasteiger partial charge in [-0.25, -0.2) is 9.07 Å². The second-order valence-electron chi connectivity index (χ2n) is 5.41. The molecule has 1 aromatic heterocycles. The van der Waals surface area contributed by atoms with Crippen molar-refractivity contribution < 1.29 is 4.39 Å². The Kier molecular flexibility index (Phi) is 3.50. The van der Waals surface area contributed by atoms with Gasteiger partial charge in [0.1, 0.15) is 5.82 Å². The number of anilines is 1. The topological polar surface area (TPSA) is 69.6 Å². The van der Waals surface area contributed by atoms with Gasteiger partial charge in [-0.1, -0.05) is 20.8 Å². The highest BCUT2D eigenvalue weighted by Crippen LogP contribution is 2.26. The normalized spacial score (nSPS) is 11.8. The molecular weight excluding hydrogens is 245 g/mol. The van der Waals surface area contributed by atoms with E-state index in [2.05, 4.69) is 36.3 Å². The molecule has 2 rings (SSSR count). The van der Waals surface area contributed by atoms with Crippen LogP contribution in [0.15, 0.2) is 18.2 Å². The van der Waals surface area contributed by atoms with Crippen LogP contribution in [0.3, 0.4) is 0 Å². The lowest BCUT2D eigenvalue weighted by molar-refractivity contribution is 0.279. The summed E-state index contributed by atoms with van der Waals surface area (Å²) in [5.74, 6) is 0.0993. The number of aromatic nitrogens is 4. The predicted molar refractivity (Wildman–Crippen MR) is 71.7 cm³/mol. The Morgan fingerprint density at radius 1 is 1.37 bits per heavy atom. The Morgan fingerprint density at radius 2 is 2.11 bits per heavy atom. The molecule has 2 aromatic rings. The van der Waals surface area contributed by atoms with Crippen LogP contribution in [0, 0.1) is 11.2 Å². The first-order valence-corrected chi connectivity index (χ1v) is 6.24. The Labute approximate surface area is 111 Å². The number of nitrogens with zero attached hydrogens (tertiary/aromatic N) is 4. The van der Waals surface area contributed by atoms with E-state index in [-0.39, 0.29) is 11.1 Å². The fourth-order valence-corrected chi connectivity index (χ4v) is 1.70. The molecule has 1 aromatic carbocycles. The lowest BCUT2D eigenvalue weighted by atomic mass is 9.90. The average molecular weight is 263 g/mol. The molecule has 1 heterocycles. The highest BCUT2D eigenvalue weighted by molar-refractivity contribution is 5.59. The summed E-state index contributed by atoms with van der Waals surface area (Å²) in [6, 6.07) is 4.60. The van der Waals surface area contributed by atoms with Gasteiger partial charge in [0.25, 0.3) is 0 Å². The van der Waals surface area contributed by atoms with E-state index < -0.39 is 5.82 Å². The number of nitrogens with two attached hydrogens (primary N) is 1. The molecule has 0 unspecified atom stereocenters. The standard InChI is InChI=1S/C13H18FN5/c1-4-13(2,3)8-19-12(16-17-18-19)9-5-6-11(15)10(14)7-9/h5-7H,4,8,15H2,1-3H3. The SMILES string of the molecule is CCC(C)(C)Cn1nnnc1-c1ccc(N)c(F)c1. The second-order valence-corrected chi connectivity index (χ2v) is 5.41. The summed E-state index contributed by atoms with van der Waals surface area (Å²) in [4.78, 5) is 0. The van der Waals surface area contributed by atoms with Crippen LogP contribution in [0.4, 0.5) is 10.1 Å². The summed E-state index contributed by atoms with van der Waals surface area (Å²) in [7, 11) is 0. The molecule has 0 aliphatic rings. The minimum absolute atomic E-state index is 0.0798. The van der Waals surface area contributed by atoms with Crippen molar-refractivity contribution in [2.24, 2.45) is 5.41 Å². The zero-order chi connectivity index (χ0) is 14.0. The van der Waals surface area contributed by atoms with Crippen LogP contribution >= 0.6 is 0 Å². The Balaban J connectivity index is 2.36. The van der Waals surface area contributed by atoms with E-state index in [1.165, 1.54) is 12.1 Å². The quantitative estimate of drug-likeness (QED) is 0.860. The smallest absolute Gasteiger partial charge is 0.182 e. The molecule has 0 fully saturated rings. The fraction of sp³-hybridized carbons (Fsp3) is 0.462. The van der Waals surface area contributed by atoms with Gasteiger partial charge in [-0.3, -0.25) is 0 Å². The number of hydrogen-bond donors (Lipinski definition) is 1. The van der Waals surface area contributed by atoms with Crippen LogP contribution in [0.25, 0.3) is 11.4 Å². The van der Waals surface area contributed by atoms with E-state index >= 15 is 0 Å². The monoisotopic (exact) mass is 263 g/mol. The third kappa shape index (κ3) is 2.89. The molecule has 19 heavy (non-hydrogen) atoms. The van der Waals surface area contributed by atoms with Crippen molar-refractivity contribution in [3.8, 4) is 11.4 Å². The van der Waals surface area contributed by atoms with Gasteiger partial charge in [0, 0.05) is 5.56 Å². The first-order valence-electron chi connectivity index (χ1n) is 6.24. The minimum Gasteiger partial charge on any atom is -0.396 e. The molecule has 0 bridgehead atoms. The fourth-order valence-electron chi connectivity index (χ4n) is 1.70. The Hall–Kier alpha value is -1.98. The van der Waals surface area contributed by atoms with Gasteiger partial charge < -0.3 is 5.73 Å². The molecule has 0 aliphatic heterocycles. The van der Waals surface area contributed by atoms with E-state index in [1.807, 2.05) is 0 Å². The van der Waals surface area contributed by atoms with Gasteiger partial charge in [0.05, 0.1) is 12.2 Å². The lowest BCUT2D eigenvalue weighted by Crippen LogP contribution is -2.20. The summed E-state index contributed by atoms with van der Waals surface area (Å²) >= 11 is 0. The number of rotatable bonds is 4. The maximum absolute atomic E-state index is 13.5. The molecule has 0 radical (unpaired) electrons. The second kappa shape index (κ2) is 4.95. The molecule has 2 N–H and O–H groups in total. The third-order valence-electron chi connectivity index (χ3n) is 3.33. The molecule has 0 amide bonds. The molecule has 0 spiro atoms. The summed E-state index contributed by atoms with van der Waals surface area (Å²) in [5.41, 5.74) is 6.30. The molecule has 5 nitrogen and oxygen atoms in total. The first kappa shape index (κ1) is 13.5. The minimum atomic E-state index is -0.457. The predicted octanol–water partition coefficient (Wildman–Crippen LogP) is 2.50. The van der Waals surface area contributed by atoms with Crippen LogP contribution in [0.5, 0.6) is 0 Å². The maximum atomic E-state index is 13.5. The molecule has 0 saturated carbocycles. The zero-order valence-corrected chi connectivity index (χ0v) is 11.4. The van der Waals surface area contributed by atoms with Gasteiger partial charge in [-0.05, 0) is 40.5 Å². The largest absolute Gasteiger partial charge is 0.396 e. The van der Waals surface area contributed by atoms with Crippen molar-refractivity contribution in [3.63, 3.8) is 0 Å². The van der Waals surface area contributed by atoms with Crippen LogP contribution in [-0.2, 0) is 6.54 Å². The Morgan fingerprint density at radius 3 is 2.74 bits per heavy atom. The van der Waals surface area contributed by atoms with Crippen molar-refractivity contribution >= 4 is 5.69 Å². The van der Waals surface area contributed by atoms with Crippen molar-refractivity contribution in [2.45, 2.75) is 33.7 Å². The van der Waals surface area contributed by atoms with E-state index in [0.29, 0.717) is 17.9 Å². The summed E-state index contributed by atoms with van der Waals surface area (Å²) in [5, 5.41) is 11.6. The number of halogens is 1. The number of nitrogen functional groups attached to an aromatic ring is 1. The molecule has 102 valence electrons. The van der Waals surface area contributed by atoms with E-state index in [9.17, 15) is 4.39 Å². The highest BCUT2D eigenvalue weighted by atomic mass is 19.1. The maximum Gasteiger partial charge on any atom is 0.182 e. The van der Waals surface area contributed by atoms with Crippen molar-refractivity contribution in [3.05, 3.63) is 24.0 Å². The molecular formula is C13H18FN5. The van der Waals surface area contributed by atoms with Crippen LogP contribution in [0.1, 0.15) is 27.2 Å². The summed E-state index contributed by atoms with van der Waals surface area (Å²) < 4.78 is 15.2. The highest BCUT2D eigenvalue weighted by Gasteiger charge is 2.20. The van der Waals surface area contributed by atoms with Gasteiger partial charge in [-0.2, -0.15) is 0 Å². The summed E-state index contributed by atoms with van der Waals surface area (Å²) in [6.45, 7) is 7.08. The number of tetrazole rings is 1. The van der Waals surface area contributed by atoms with Gasteiger partial charge in [0.2, 0.25) is 0 Å². The third-order valence-corrected chi connectivity index (χ3v) is 3.33.